The van der Waals surface area contributed by atoms with Crippen molar-refractivity contribution >= 4 is 35.8 Å². The van der Waals surface area contributed by atoms with Crippen LogP contribution in [0.5, 0.6) is 0 Å². The predicted molar refractivity (Wildman–Crippen MR) is 174 cm³/mol. The summed E-state index contributed by atoms with van der Waals surface area (Å²) in [5.74, 6) is 0.449. The van der Waals surface area contributed by atoms with Gasteiger partial charge in [-0.15, -0.1) is 0 Å². The first-order valence-electron chi connectivity index (χ1n) is 18.1. The van der Waals surface area contributed by atoms with Gasteiger partial charge in [0.15, 0.2) is 6.10 Å². The highest BCUT2D eigenvalue weighted by atomic mass is 16.8. The maximum Gasteiger partial charge on any atom is 0.511 e. The molecule has 4 saturated carbocycles. The zero-order valence-corrected chi connectivity index (χ0v) is 30.1. The van der Waals surface area contributed by atoms with Gasteiger partial charge in [0.05, 0.1) is 0 Å². The molecule has 4 aliphatic rings. The van der Waals surface area contributed by atoms with Crippen LogP contribution in [0.25, 0.3) is 0 Å². The molecular formula is C37H56O12. The van der Waals surface area contributed by atoms with Crippen LogP contribution < -0.4 is 0 Å². The Labute approximate surface area is 290 Å². The Kier molecular flexibility index (Phi) is 13.2. The van der Waals surface area contributed by atoms with Gasteiger partial charge in [0.25, 0.3) is 0 Å². The number of carbonyl (C=O) groups is 6. The van der Waals surface area contributed by atoms with Gasteiger partial charge in [0.1, 0.15) is 25.1 Å². The van der Waals surface area contributed by atoms with Gasteiger partial charge in [-0.25, -0.2) is 4.79 Å². The van der Waals surface area contributed by atoms with Crippen LogP contribution >= 0.6 is 0 Å². The molecule has 0 saturated heterocycles. The number of Topliss-reactive ketones (excluding diaryl/α,β-unsaturated/α-hetero) is 1. The molecule has 0 heterocycles. The standard InChI is InChI=1S/C37H56O12/c1-22(7-12-33(41)48-28(19-44-24(3)39)20-45-25(4)40)17-34(42)46-21-47-35(43)49-27-13-15-36(5)26(18-27)8-9-29-31-11-10-30(23(2)38)37(31,6)16-14-32(29)36/h22,26-32H,7-21H2,1-6H3/t22?,26-,27+,29-,30+,31?,32-,36-,37+/m0/s1. The van der Waals surface area contributed by atoms with Crippen LogP contribution in [0.1, 0.15) is 119 Å². The van der Waals surface area contributed by atoms with Crippen LogP contribution in [0.2, 0.25) is 0 Å². The Bertz CT molecular complexity index is 1210. The third-order valence-corrected chi connectivity index (χ3v) is 12.4. The van der Waals surface area contributed by atoms with Crippen molar-refractivity contribution in [3.63, 3.8) is 0 Å². The number of fused-ring (bicyclic) bond motifs is 5. The average Bonchev–Trinajstić information content (AvgIpc) is 3.39. The molecule has 0 bridgehead atoms. The lowest BCUT2D eigenvalue weighted by atomic mass is 9.44. The third kappa shape index (κ3) is 9.75. The van der Waals surface area contributed by atoms with Gasteiger partial charge in [-0.2, -0.15) is 0 Å². The molecule has 2 unspecified atom stereocenters. The fourth-order valence-electron chi connectivity index (χ4n) is 9.90. The first-order valence-corrected chi connectivity index (χ1v) is 18.1. The molecule has 0 aromatic heterocycles. The first kappa shape index (κ1) is 38.6. The molecule has 4 aliphatic carbocycles. The summed E-state index contributed by atoms with van der Waals surface area (Å²) >= 11 is 0. The number of rotatable bonds is 14. The van der Waals surface area contributed by atoms with Gasteiger partial charge in [-0.1, -0.05) is 20.8 Å². The molecule has 0 amide bonds. The average molecular weight is 693 g/mol. The highest BCUT2D eigenvalue weighted by Crippen LogP contribution is 2.67. The number of esters is 4. The second-order valence-electron chi connectivity index (χ2n) is 15.5. The van der Waals surface area contributed by atoms with Gasteiger partial charge in [-0.05, 0) is 112 Å². The maximum atomic E-state index is 12.5. The predicted octanol–water partition coefficient (Wildman–Crippen LogP) is 6.10. The number of carbonyl (C=O) groups excluding carboxylic acids is 6. The second kappa shape index (κ2) is 16.7. The fourth-order valence-corrected chi connectivity index (χ4v) is 9.90. The van der Waals surface area contributed by atoms with E-state index in [0.717, 1.165) is 38.5 Å². The molecule has 0 radical (unpaired) electrons. The van der Waals surface area contributed by atoms with Crippen molar-refractivity contribution in [2.75, 3.05) is 20.0 Å². The largest absolute Gasteiger partial charge is 0.511 e. The molecular weight excluding hydrogens is 636 g/mol. The minimum Gasteiger partial charge on any atom is -0.462 e. The number of hydrogen-bond donors (Lipinski definition) is 0. The maximum absolute atomic E-state index is 12.5. The van der Waals surface area contributed by atoms with Gasteiger partial charge in [-0.3, -0.25) is 24.0 Å². The van der Waals surface area contributed by atoms with E-state index in [0.29, 0.717) is 35.9 Å². The van der Waals surface area contributed by atoms with Crippen LogP contribution in [0, 0.1) is 46.3 Å². The van der Waals surface area contributed by atoms with Crippen LogP contribution in [-0.2, 0) is 52.4 Å². The molecule has 12 heteroatoms. The van der Waals surface area contributed by atoms with E-state index in [1.54, 1.807) is 13.8 Å². The highest BCUT2D eigenvalue weighted by molar-refractivity contribution is 5.79. The van der Waals surface area contributed by atoms with Crippen LogP contribution in [0.4, 0.5) is 4.79 Å². The lowest BCUT2D eigenvalue weighted by Gasteiger charge is -2.61. The van der Waals surface area contributed by atoms with Crippen LogP contribution in [0.15, 0.2) is 0 Å². The monoisotopic (exact) mass is 692 g/mol. The Hall–Kier alpha value is -3.18. The Morgan fingerprint density at radius 3 is 2.04 bits per heavy atom. The Balaban J connectivity index is 1.13. The number of ether oxygens (including phenoxy) is 6. The molecule has 49 heavy (non-hydrogen) atoms. The van der Waals surface area contributed by atoms with Crippen molar-refractivity contribution < 1.29 is 57.2 Å². The quantitative estimate of drug-likeness (QED) is 0.117. The van der Waals surface area contributed by atoms with Gasteiger partial charge < -0.3 is 28.4 Å². The molecule has 0 N–H and O–H groups in total. The van der Waals surface area contributed by atoms with Crippen LogP contribution in [0.3, 0.4) is 0 Å². The summed E-state index contributed by atoms with van der Waals surface area (Å²) in [6.45, 7) is 9.74. The summed E-state index contributed by atoms with van der Waals surface area (Å²) in [6.07, 6.45) is 7.63. The molecule has 0 spiro atoms. The van der Waals surface area contributed by atoms with Gasteiger partial charge in [0.2, 0.25) is 6.79 Å². The molecule has 12 nitrogen and oxygen atoms in total. The van der Waals surface area contributed by atoms with Crippen LogP contribution in [-0.4, -0.2) is 68.0 Å². The summed E-state index contributed by atoms with van der Waals surface area (Å²) in [4.78, 5) is 71.7. The van der Waals surface area contributed by atoms with E-state index >= 15 is 0 Å². The van der Waals surface area contributed by atoms with E-state index in [1.165, 1.54) is 33.1 Å². The van der Waals surface area contributed by atoms with Gasteiger partial charge in [0, 0.05) is 32.6 Å². The van der Waals surface area contributed by atoms with E-state index in [1.807, 2.05) is 0 Å². The minimum atomic E-state index is -0.936. The van der Waals surface area contributed by atoms with Gasteiger partial charge >= 0.3 is 30.0 Å². The third-order valence-electron chi connectivity index (χ3n) is 12.4. The zero-order valence-electron chi connectivity index (χ0n) is 30.1. The summed E-state index contributed by atoms with van der Waals surface area (Å²) in [6, 6.07) is 0. The molecule has 0 aromatic rings. The summed E-state index contributed by atoms with van der Waals surface area (Å²) in [5, 5.41) is 0. The zero-order chi connectivity index (χ0) is 35.9. The highest BCUT2D eigenvalue weighted by Gasteiger charge is 2.61. The lowest BCUT2D eigenvalue weighted by Crippen LogP contribution is -2.54. The van der Waals surface area contributed by atoms with E-state index < -0.39 is 42.9 Å². The van der Waals surface area contributed by atoms with Crippen molar-refractivity contribution in [1.29, 1.82) is 0 Å². The van der Waals surface area contributed by atoms with E-state index in [2.05, 4.69) is 13.8 Å². The Morgan fingerprint density at radius 2 is 1.39 bits per heavy atom. The van der Waals surface area contributed by atoms with Crippen molar-refractivity contribution in [2.24, 2.45) is 46.3 Å². The summed E-state index contributed by atoms with van der Waals surface area (Å²) in [7, 11) is 0. The molecule has 4 fully saturated rings. The number of hydrogen-bond acceptors (Lipinski definition) is 12. The lowest BCUT2D eigenvalue weighted by molar-refractivity contribution is -0.165. The smallest absolute Gasteiger partial charge is 0.462 e. The number of ketones is 1. The second-order valence-corrected chi connectivity index (χ2v) is 15.5. The van der Waals surface area contributed by atoms with E-state index in [4.69, 9.17) is 28.4 Å². The summed E-state index contributed by atoms with van der Waals surface area (Å²) < 4.78 is 30.8. The molecule has 0 aliphatic heterocycles. The SMILES string of the molecule is CC(=O)OCC(COC(C)=O)OC(=O)CCC(C)CC(=O)OCOC(=O)O[C@@H]1CC[C@@]2(C)[C@@H](CC[C@H]3C4CC[C@H](C(C)=O)[C@@]4(C)CC[C@@H]32)C1. The topological polar surface area (TPSA) is 158 Å². The van der Waals surface area contributed by atoms with Crippen molar-refractivity contribution in [3.05, 3.63) is 0 Å². The molecule has 4 rings (SSSR count). The summed E-state index contributed by atoms with van der Waals surface area (Å²) in [5.41, 5.74) is 0.350. The minimum absolute atomic E-state index is 0.00350. The van der Waals surface area contributed by atoms with Crippen molar-refractivity contribution in [2.45, 2.75) is 131 Å². The Morgan fingerprint density at radius 1 is 0.735 bits per heavy atom. The normalized spacial score (nSPS) is 32.4. The fraction of sp³-hybridized carbons (Fsp3) is 0.838. The van der Waals surface area contributed by atoms with E-state index in [9.17, 15) is 28.8 Å². The first-order chi connectivity index (χ1) is 23.1. The van der Waals surface area contributed by atoms with E-state index in [-0.39, 0.29) is 54.8 Å². The van der Waals surface area contributed by atoms with Crippen molar-refractivity contribution in [3.8, 4) is 0 Å². The molecule has 9 atom stereocenters. The molecule has 0 aromatic carbocycles. The molecule has 276 valence electrons. The van der Waals surface area contributed by atoms with Crippen molar-refractivity contribution in [1.82, 2.24) is 0 Å².